The first-order valence-corrected chi connectivity index (χ1v) is 11.0. The summed E-state index contributed by atoms with van der Waals surface area (Å²) in [6, 6.07) is 14.8. The second-order valence-corrected chi connectivity index (χ2v) is 8.63. The second-order valence-electron chi connectivity index (χ2n) is 7.64. The molecule has 0 bridgehead atoms. The zero-order chi connectivity index (χ0) is 24.4. The predicted molar refractivity (Wildman–Crippen MR) is 128 cm³/mol. The Labute approximate surface area is 198 Å². The number of nitro groups is 1. The summed E-state index contributed by atoms with van der Waals surface area (Å²) in [4.78, 5) is 48.9. The Balaban J connectivity index is 1.45. The largest absolute Gasteiger partial charge is 0.457 e. The molecule has 34 heavy (non-hydrogen) atoms. The Kier molecular flexibility index (Phi) is 6.33. The van der Waals surface area contributed by atoms with Crippen molar-refractivity contribution in [2.24, 2.45) is 0 Å². The monoisotopic (exact) mass is 477 g/mol. The topological polar surface area (TPSA) is 123 Å². The number of rotatable bonds is 6. The SMILES string of the molecule is Cc1ccc(C)c(NC(=O)CN2C(=O)S/C(=C/c3ccc(-c4ccc([N+](=O)[O-])cc4)o3)C2=O)c1. The second kappa shape index (κ2) is 9.36. The average Bonchev–Trinajstić information content (AvgIpc) is 3.37. The van der Waals surface area contributed by atoms with Crippen LogP contribution in [0.1, 0.15) is 16.9 Å². The molecule has 1 aliphatic heterocycles. The minimum atomic E-state index is -0.584. The molecule has 3 amide bonds. The molecule has 0 atom stereocenters. The van der Waals surface area contributed by atoms with Gasteiger partial charge in [0.15, 0.2) is 0 Å². The van der Waals surface area contributed by atoms with Crippen LogP contribution in [0, 0.1) is 24.0 Å². The zero-order valence-corrected chi connectivity index (χ0v) is 19.0. The molecular weight excluding hydrogens is 458 g/mol. The summed E-state index contributed by atoms with van der Waals surface area (Å²) in [5, 5.41) is 13.0. The number of hydrogen-bond donors (Lipinski definition) is 1. The number of nitrogens with zero attached hydrogens (tertiary/aromatic N) is 2. The van der Waals surface area contributed by atoms with Crippen LogP contribution in [0.5, 0.6) is 0 Å². The van der Waals surface area contributed by atoms with Gasteiger partial charge < -0.3 is 9.73 Å². The molecule has 3 aromatic rings. The summed E-state index contributed by atoms with van der Waals surface area (Å²) >= 11 is 0.724. The standard InChI is InChI=1S/C24H19N3O6S/c1-14-3-4-15(2)19(11-14)25-22(28)13-26-23(29)21(34-24(26)30)12-18-9-10-20(33-18)16-5-7-17(8-6-16)27(31)32/h3-12H,13H2,1-2H3,(H,25,28)/b21-12+. The molecule has 0 radical (unpaired) electrons. The molecule has 1 saturated heterocycles. The quantitative estimate of drug-likeness (QED) is 0.296. The van der Waals surface area contributed by atoms with Crippen molar-refractivity contribution in [3.05, 3.63) is 86.5 Å². The average molecular weight is 477 g/mol. The highest BCUT2D eigenvalue weighted by molar-refractivity contribution is 8.18. The van der Waals surface area contributed by atoms with E-state index in [9.17, 15) is 24.5 Å². The van der Waals surface area contributed by atoms with Gasteiger partial charge >= 0.3 is 0 Å². The van der Waals surface area contributed by atoms with E-state index in [1.807, 2.05) is 32.0 Å². The lowest BCUT2D eigenvalue weighted by atomic mass is 10.1. The number of furan rings is 1. The van der Waals surface area contributed by atoms with E-state index < -0.39 is 28.5 Å². The van der Waals surface area contributed by atoms with Crippen LogP contribution < -0.4 is 5.32 Å². The van der Waals surface area contributed by atoms with E-state index in [0.717, 1.165) is 27.8 Å². The number of benzene rings is 2. The summed E-state index contributed by atoms with van der Waals surface area (Å²) in [6.07, 6.45) is 1.43. The van der Waals surface area contributed by atoms with Gasteiger partial charge in [-0.15, -0.1) is 0 Å². The number of imide groups is 1. The molecule has 172 valence electrons. The van der Waals surface area contributed by atoms with Crippen LogP contribution in [-0.2, 0) is 9.59 Å². The lowest BCUT2D eigenvalue weighted by Gasteiger charge is -2.14. The normalized spacial score (nSPS) is 14.6. The molecule has 0 aliphatic carbocycles. The Morgan fingerprint density at radius 3 is 2.56 bits per heavy atom. The fourth-order valence-electron chi connectivity index (χ4n) is 3.30. The number of anilines is 1. The third kappa shape index (κ3) is 4.91. The maximum atomic E-state index is 12.7. The van der Waals surface area contributed by atoms with Gasteiger partial charge in [0.2, 0.25) is 5.91 Å². The van der Waals surface area contributed by atoms with Gasteiger partial charge in [-0.1, -0.05) is 12.1 Å². The van der Waals surface area contributed by atoms with Crippen LogP contribution in [0.4, 0.5) is 16.2 Å². The maximum absolute atomic E-state index is 12.7. The third-order valence-corrected chi connectivity index (χ3v) is 6.01. The van der Waals surface area contributed by atoms with Crippen molar-refractivity contribution in [2.45, 2.75) is 13.8 Å². The molecule has 2 aromatic carbocycles. The van der Waals surface area contributed by atoms with E-state index >= 15 is 0 Å². The molecule has 1 fully saturated rings. The molecule has 0 spiro atoms. The van der Waals surface area contributed by atoms with Crippen molar-refractivity contribution < 1.29 is 23.7 Å². The number of nitrogens with one attached hydrogen (secondary N) is 1. The summed E-state index contributed by atoms with van der Waals surface area (Å²) in [5.41, 5.74) is 3.06. The number of hydrogen-bond acceptors (Lipinski definition) is 7. The molecule has 2 heterocycles. The number of amides is 3. The van der Waals surface area contributed by atoms with Gasteiger partial charge in [0.05, 0.1) is 9.83 Å². The van der Waals surface area contributed by atoms with Gasteiger partial charge in [-0.25, -0.2) is 0 Å². The van der Waals surface area contributed by atoms with E-state index in [4.69, 9.17) is 4.42 Å². The van der Waals surface area contributed by atoms with Crippen molar-refractivity contribution in [1.82, 2.24) is 4.90 Å². The van der Waals surface area contributed by atoms with Crippen molar-refractivity contribution in [2.75, 3.05) is 11.9 Å². The van der Waals surface area contributed by atoms with E-state index in [1.54, 1.807) is 24.3 Å². The molecule has 1 aliphatic rings. The van der Waals surface area contributed by atoms with Gasteiger partial charge in [-0.2, -0.15) is 0 Å². The first-order valence-electron chi connectivity index (χ1n) is 10.2. The van der Waals surface area contributed by atoms with Gasteiger partial charge in [-0.05, 0) is 67.1 Å². The van der Waals surface area contributed by atoms with Gasteiger partial charge in [0.1, 0.15) is 18.1 Å². The minimum absolute atomic E-state index is 0.0363. The van der Waals surface area contributed by atoms with E-state index in [0.29, 0.717) is 22.8 Å². The number of nitro benzene ring substituents is 1. The Hall–Kier alpha value is -4.18. The zero-order valence-electron chi connectivity index (χ0n) is 18.2. The summed E-state index contributed by atoms with van der Waals surface area (Å²) in [7, 11) is 0. The van der Waals surface area contributed by atoms with E-state index in [-0.39, 0.29) is 10.6 Å². The molecular formula is C24H19N3O6S. The van der Waals surface area contributed by atoms with Crippen LogP contribution in [-0.4, -0.2) is 33.4 Å². The fraction of sp³-hybridized carbons (Fsp3) is 0.125. The van der Waals surface area contributed by atoms with Crippen molar-refractivity contribution >= 4 is 46.3 Å². The lowest BCUT2D eigenvalue weighted by molar-refractivity contribution is -0.384. The summed E-state index contributed by atoms with van der Waals surface area (Å²) in [5.74, 6) is -0.276. The van der Waals surface area contributed by atoms with Crippen LogP contribution in [0.25, 0.3) is 17.4 Å². The number of carbonyl (C=O) groups is 3. The van der Waals surface area contributed by atoms with Crippen molar-refractivity contribution in [3.63, 3.8) is 0 Å². The molecule has 9 nitrogen and oxygen atoms in total. The molecule has 0 saturated carbocycles. The lowest BCUT2D eigenvalue weighted by Crippen LogP contribution is -2.36. The summed E-state index contributed by atoms with van der Waals surface area (Å²) in [6.45, 7) is 3.35. The van der Waals surface area contributed by atoms with E-state index in [1.165, 1.54) is 18.2 Å². The predicted octanol–water partition coefficient (Wildman–Crippen LogP) is 5.15. The molecule has 1 aromatic heterocycles. The van der Waals surface area contributed by atoms with Gasteiger partial charge in [0.25, 0.3) is 16.8 Å². The fourth-order valence-corrected chi connectivity index (χ4v) is 4.12. The highest BCUT2D eigenvalue weighted by atomic mass is 32.2. The minimum Gasteiger partial charge on any atom is -0.457 e. The van der Waals surface area contributed by atoms with E-state index in [2.05, 4.69) is 5.32 Å². The Morgan fingerprint density at radius 2 is 1.85 bits per heavy atom. The van der Waals surface area contributed by atoms with Crippen LogP contribution in [0.2, 0.25) is 0 Å². The highest BCUT2D eigenvalue weighted by Gasteiger charge is 2.36. The molecule has 0 unspecified atom stereocenters. The number of aryl methyl sites for hydroxylation is 2. The first kappa shape index (κ1) is 23.0. The Bertz CT molecular complexity index is 1340. The van der Waals surface area contributed by atoms with Gasteiger partial charge in [-0.3, -0.25) is 29.4 Å². The Morgan fingerprint density at radius 1 is 1.12 bits per heavy atom. The van der Waals surface area contributed by atoms with Crippen LogP contribution >= 0.6 is 11.8 Å². The van der Waals surface area contributed by atoms with Crippen molar-refractivity contribution in [1.29, 1.82) is 0 Å². The van der Waals surface area contributed by atoms with Crippen LogP contribution in [0.15, 0.2) is 63.9 Å². The number of non-ortho nitro benzene ring substituents is 1. The molecule has 1 N–H and O–H groups in total. The number of carbonyl (C=O) groups excluding carboxylic acids is 3. The number of thioether (sulfide) groups is 1. The van der Waals surface area contributed by atoms with Crippen molar-refractivity contribution in [3.8, 4) is 11.3 Å². The first-order chi connectivity index (χ1) is 16.2. The van der Waals surface area contributed by atoms with Crippen LogP contribution in [0.3, 0.4) is 0 Å². The summed E-state index contributed by atoms with van der Waals surface area (Å²) < 4.78 is 5.71. The smallest absolute Gasteiger partial charge is 0.294 e. The molecule has 10 heteroatoms. The third-order valence-electron chi connectivity index (χ3n) is 5.11. The molecule has 4 rings (SSSR count). The highest BCUT2D eigenvalue weighted by Crippen LogP contribution is 2.33. The maximum Gasteiger partial charge on any atom is 0.294 e. The van der Waals surface area contributed by atoms with Gasteiger partial charge in [0, 0.05) is 29.5 Å².